The van der Waals surface area contributed by atoms with Gasteiger partial charge in [-0.2, -0.15) is 10.4 Å². The highest BCUT2D eigenvalue weighted by Gasteiger charge is 2.24. The zero-order valence-electron chi connectivity index (χ0n) is 20.2. The molecule has 0 spiro atoms. The van der Waals surface area contributed by atoms with Crippen LogP contribution in [-0.2, 0) is 0 Å². The molecule has 2 aromatic carbocycles. The lowest BCUT2D eigenvalue weighted by Gasteiger charge is -2.29. The number of aromatic nitrogens is 3. The molecule has 0 bridgehead atoms. The molecule has 3 aromatic heterocycles. The number of anilines is 1. The molecular formula is C28H25ClN6O2. The third kappa shape index (κ3) is 4.29. The van der Waals surface area contributed by atoms with Gasteiger partial charge >= 0.3 is 0 Å². The van der Waals surface area contributed by atoms with Gasteiger partial charge in [-0.25, -0.2) is 4.98 Å². The van der Waals surface area contributed by atoms with E-state index in [-0.39, 0.29) is 18.2 Å². The molecule has 1 saturated heterocycles. The SMILES string of the molecule is Cc1cc(-c2nc3n[nH]c(-c4ccco4)c3c(-c3ccc(N4CCNCC4)cc3)c2C#N)ccc1O.Cl. The molecular weight excluding hydrogens is 488 g/mol. The van der Waals surface area contributed by atoms with Gasteiger partial charge in [-0.15, -0.1) is 12.4 Å². The fraction of sp³-hybridized carbons (Fsp3) is 0.179. The van der Waals surface area contributed by atoms with E-state index in [0.717, 1.165) is 53.9 Å². The quantitative estimate of drug-likeness (QED) is 0.300. The van der Waals surface area contributed by atoms with Crippen molar-refractivity contribution in [3.63, 3.8) is 0 Å². The summed E-state index contributed by atoms with van der Waals surface area (Å²) in [6.45, 7) is 5.65. The molecule has 0 unspecified atom stereocenters. The summed E-state index contributed by atoms with van der Waals surface area (Å²) in [4.78, 5) is 7.14. The summed E-state index contributed by atoms with van der Waals surface area (Å²) in [6, 6.07) is 19.6. The second-order valence-corrected chi connectivity index (χ2v) is 8.88. The molecule has 6 rings (SSSR count). The van der Waals surface area contributed by atoms with E-state index in [0.29, 0.717) is 33.9 Å². The number of nitrogens with zero attached hydrogens (tertiary/aromatic N) is 4. The van der Waals surface area contributed by atoms with Crippen molar-refractivity contribution in [2.75, 3.05) is 31.1 Å². The summed E-state index contributed by atoms with van der Waals surface area (Å²) in [5, 5.41) is 32.1. The van der Waals surface area contributed by atoms with E-state index in [4.69, 9.17) is 9.40 Å². The molecule has 8 nitrogen and oxygen atoms in total. The summed E-state index contributed by atoms with van der Waals surface area (Å²) in [6.07, 6.45) is 1.61. The average molecular weight is 513 g/mol. The normalized spacial score (nSPS) is 13.4. The number of furan rings is 1. The van der Waals surface area contributed by atoms with E-state index < -0.39 is 0 Å². The van der Waals surface area contributed by atoms with Gasteiger partial charge in [0.15, 0.2) is 11.4 Å². The first-order valence-corrected chi connectivity index (χ1v) is 11.9. The highest BCUT2D eigenvalue weighted by atomic mass is 35.5. The maximum absolute atomic E-state index is 10.4. The monoisotopic (exact) mass is 512 g/mol. The van der Waals surface area contributed by atoms with E-state index >= 15 is 0 Å². The molecule has 0 radical (unpaired) electrons. The first kappa shape index (κ1) is 24.4. The van der Waals surface area contributed by atoms with Gasteiger partial charge in [0.05, 0.1) is 22.9 Å². The molecule has 0 atom stereocenters. The Kier molecular flexibility index (Phi) is 6.57. The van der Waals surface area contributed by atoms with Gasteiger partial charge in [0.25, 0.3) is 0 Å². The first-order chi connectivity index (χ1) is 17.6. The van der Waals surface area contributed by atoms with Crippen LogP contribution in [-0.4, -0.2) is 46.5 Å². The molecule has 0 amide bonds. The molecule has 1 fully saturated rings. The number of rotatable bonds is 4. The van der Waals surface area contributed by atoms with Crippen LogP contribution in [0, 0.1) is 18.3 Å². The van der Waals surface area contributed by atoms with E-state index in [1.54, 1.807) is 18.4 Å². The molecule has 186 valence electrons. The number of H-pyrrole nitrogens is 1. The molecule has 1 aliphatic heterocycles. The van der Waals surface area contributed by atoms with Crippen molar-refractivity contribution >= 4 is 29.1 Å². The minimum Gasteiger partial charge on any atom is -0.508 e. The van der Waals surface area contributed by atoms with E-state index in [1.807, 2.05) is 25.1 Å². The number of halogens is 1. The maximum Gasteiger partial charge on any atom is 0.182 e. The summed E-state index contributed by atoms with van der Waals surface area (Å²) >= 11 is 0. The highest BCUT2D eigenvalue weighted by molar-refractivity contribution is 6.06. The number of hydrogen-bond donors (Lipinski definition) is 3. The van der Waals surface area contributed by atoms with Crippen LogP contribution in [0.4, 0.5) is 5.69 Å². The first-order valence-electron chi connectivity index (χ1n) is 11.9. The Morgan fingerprint density at radius 2 is 1.81 bits per heavy atom. The fourth-order valence-electron chi connectivity index (χ4n) is 4.83. The van der Waals surface area contributed by atoms with Crippen LogP contribution in [0.15, 0.2) is 65.3 Å². The molecule has 9 heteroatoms. The average Bonchev–Trinajstić information content (AvgIpc) is 3.60. The van der Waals surface area contributed by atoms with Crippen molar-refractivity contribution in [3.05, 3.63) is 72.0 Å². The summed E-state index contributed by atoms with van der Waals surface area (Å²) < 4.78 is 5.67. The Labute approximate surface area is 220 Å². The van der Waals surface area contributed by atoms with Crippen LogP contribution in [0.2, 0.25) is 0 Å². The largest absolute Gasteiger partial charge is 0.508 e. The topological polar surface area (TPSA) is 114 Å². The Morgan fingerprint density at radius 3 is 2.49 bits per heavy atom. The molecule has 37 heavy (non-hydrogen) atoms. The number of phenols is 1. The number of aromatic hydroxyl groups is 1. The molecule has 0 aliphatic carbocycles. The highest BCUT2D eigenvalue weighted by Crippen LogP contribution is 2.41. The lowest BCUT2D eigenvalue weighted by Crippen LogP contribution is -2.43. The molecule has 4 heterocycles. The summed E-state index contributed by atoms with van der Waals surface area (Å²) in [5.41, 5.74) is 6.36. The van der Waals surface area contributed by atoms with Crippen molar-refractivity contribution in [1.29, 1.82) is 5.26 Å². The number of hydrogen-bond acceptors (Lipinski definition) is 7. The van der Waals surface area contributed by atoms with Crippen LogP contribution in [0.1, 0.15) is 11.1 Å². The Bertz CT molecular complexity index is 1600. The van der Waals surface area contributed by atoms with Gasteiger partial charge in [0, 0.05) is 43.0 Å². The molecule has 1 aliphatic rings. The number of pyridine rings is 1. The zero-order valence-corrected chi connectivity index (χ0v) is 21.0. The van der Waals surface area contributed by atoms with Crippen molar-refractivity contribution < 1.29 is 9.52 Å². The van der Waals surface area contributed by atoms with Crippen LogP contribution >= 0.6 is 12.4 Å². The Balaban J connectivity index is 0.00000280. The van der Waals surface area contributed by atoms with Crippen molar-refractivity contribution in [2.24, 2.45) is 0 Å². The minimum atomic E-state index is 0. The van der Waals surface area contributed by atoms with Gasteiger partial charge in [-0.3, -0.25) is 5.10 Å². The predicted molar refractivity (Wildman–Crippen MR) is 146 cm³/mol. The Morgan fingerprint density at radius 1 is 1.05 bits per heavy atom. The van der Waals surface area contributed by atoms with E-state index in [1.165, 1.54) is 0 Å². The smallest absolute Gasteiger partial charge is 0.182 e. The Hall–Kier alpha value is -4.32. The predicted octanol–water partition coefficient (Wildman–Crippen LogP) is 5.27. The standard InChI is InChI=1S/C28H24N6O2.ClH/c1-17-15-19(6-9-22(17)35)26-21(16-29)24(18-4-7-20(8-5-18)34-12-10-30-11-13-34)25-27(23-3-2-14-36-23)32-33-28(25)31-26;/h2-9,14-15,30,35H,10-13H2,1H3,(H,31,32,33);1H. The van der Waals surface area contributed by atoms with Crippen LogP contribution in [0.25, 0.3) is 44.9 Å². The maximum atomic E-state index is 10.4. The lowest BCUT2D eigenvalue weighted by molar-refractivity contribution is 0.471. The number of nitrogens with one attached hydrogen (secondary N) is 2. The number of phenolic OH excluding ortho intramolecular Hbond substituents is 1. The van der Waals surface area contributed by atoms with E-state index in [2.05, 4.69) is 50.7 Å². The van der Waals surface area contributed by atoms with Crippen LogP contribution < -0.4 is 10.2 Å². The number of aryl methyl sites for hydroxylation is 1. The number of piperazine rings is 1. The second kappa shape index (κ2) is 9.97. The van der Waals surface area contributed by atoms with Gasteiger partial charge in [0.2, 0.25) is 0 Å². The van der Waals surface area contributed by atoms with Crippen LogP contribution in [0.5, 0.6) is 5.75 Å². The number of benzene rings is 2. The van der Waals surface area contributed by atoms with Crippen LogP contribution in [0.3, 0.4) is 0 Å². The number of nitriles is 1. The second-order valence-electron chi connectivity index (χ2n) is 8.88. The van der Waals surface area contributed by atoms with Gasteiger partial charge < -0.3 is 19.7 Å². The molecule has 3 N–H and O–H groups in total. The van der Waals surface area contributed by atoms with Gasteiger partial charge in [-0.1, -0.05) is 12.1 Å². The summed E-state index contributed by atoms with van der Waals surface area (Å²) in [7, 11) is 0. The zero-order chi connectivity index (χ0) is 24.6. The van der Waals surface area contributed by atoms with Crippen molar-refractivity contribution in [1.82, 2.24) is 20.5 Å². The lowest BCUT2D eigenvalue weighted by atomic mass is 9.92. The number of aromatic amines is 1. The molecule has 5 aromatic rings. The molecule has 0 saturated carbocycles. The number of fused-ring (bicyclic) bond motifs is 1. The minimum absolute atomic E-state index is 0. The van der Waals surface area contributed by atoms with Gasteiger partial charge in [-0.05, 0) is 60.5 Å². The summed E-state index contributed by atoms with van der Waals surface area (Å²) in [5.74, 6) is 0.817. The fourth-order valence-corrected chi connectivity index (χ4v) is 4.83. The third-order valence-electron chi connectivity index (χ3n) is 6.69. The van der Waals surface area contributed by atoms with E-state index in [9.17, 15) is 10.4 Å². The van der Waals surface area contributed by atoms with Gasteiger partial charge in [0.1, 0.15) is 17.5 Å². The van der Waals surface area contributed by atoms with Crippen molar-refractivity contribution in [2.45, 2.75) is 6.92 Å². The van der Waals surface area contributed by atoms with Crippen molar-refractivity contribution in [3.8, 4) is 45.7 Å². The third-order valence-corrected chi connectivity index (χ3v) is 6.69.